The van der Waals surface area contributed by atoms with Crippen molar-refractivity contribution in [3.8, 4) is 0 Å². The lowest BCUT2D eigenvalue weighted by molar-refractivity contribution is -0.153. The molecule has 29 heavy (non-hydrogen) atoms. The highest BCUT2D eigenvalue weighted by Crippen LogP contribution is 2.50. The first-order valence-electron chi connectivity index (χ1n) is 9.52. The first-order chi connectivity index (χ1) is 13.9. The zero-order chi connectivity index (χ0) is 20.8. The molecule has 7 heteroatoms. The monoisotopic (exact) mass is 396 g/mol. The van der Waals surface area contributed by atoms with E-state index in [1.54, 1.807) is 62.4 Å². The van der Waals surface area contributed by atoms with Crippen LogP contribution in [0.2, 0.25) is 0 Å². The minimum absolute atomic E-state index is 0.127. The molecule has 0 aromatic heterocycles. The second kappa shape index (κ2) is 7.08. The Balaban J connectivity index is 1.84. The Bertz CT molecular complexity index is 980. The fourth-order valence-electron chi connectivity index (χ4n) is 4.43. The van der Waals surface area contributed by atoms with Crippen molar-refractivity contribution in [1.29, 1.82) is 0 Å². The van der Waals surface area contributed by atoms with Crippen LogP contribution in [0.5, 0.6) is 0 Å². The van der Waals surface area contributed by atoms with Crippen LogP contribution in [0.3, 0.4) is 0 Å². The molecule has 4 atom stereocenters. The molecule has 2 aliphatic heterocycles. The Morgan fingerprint density at radius 3 is 2.41 bits per heavy atom. The number of para-hydroxylation sites is 1. The van der Waals surface area contributed by atoms with Gasteiger partial charge in [0, 0.05) is 11.6 Å². The van der Waals surface area contributed by atoms with Gasteiger partial charge in [0.2, 0.25) is 11.8 Å². The number of halogens is 1. The number of fused-ring (bicyclic) bond motifs is 1. The molecule has 2 heterocycles. The van der Waals surface area contributed by atoms with Gasteiger partial charge in [0.05, 0.1) is 24.1 Å². The second-order valence-electron chi connectivity index (χ2n) is 7.42. The van der Waals surface area contributed by atoms with Crippen LogP contribution < -0.4 is 10.2 Å². The molecule has 2 fully saturated rings. The number of benzene rings is 2. The lowest BCUT2D eigenvalue weighted by Crippen LogP contribution is -2.54. The molecule has 0 saturated carbocycles. The number of nitrogens with zero attached hydrogens (tertiary/aromatic N) is 1. The van der Waals surface area contributed by atoms with E-state index in [-0.39, 0.29) is 12.2 Å². The summed E-state index contributed by atoms with van der Waals surface area (Å²) in [5.41, 5.74) is -0.786. The van der Waals surface area contributed by atoms with Crippen molar-refractivity contribution in [3.63, 3.8) is 0 Å². The fourth-order valence-corrected chi connectivity index (χ4v) is 4.43. The maximum absolute atomic E-state index is 14.6. The number of esters is 1. The van der Waals surface area contributed by atoms with Gasteiger partial charge in [0.15, 0.2) is 0 Å². The summed E-state index contributed by atoms with van der Waals surface area (Å²) in [7, 11) is 0. The molecule has 1 N–H and O–H groups in total. The van der Waals surface area contributed by atoms with Gasteiger partial charge < -0.3 is 4.74 Å². The number of carbonyl (C=O) groups is 3. The van der Waals surface area contributed by atoms with E-state index >= 15 is 0 Å². The molecule has 4 rings (SSSR count). The molecule has 4 unspecified atom stereocenters. The summed E-state index contributed by atoms with van der Waals surface area (Å²) in [5, 5.41) is 3.06. The Hall–Kier alpha value is -3.06. The zero-order valence-electron chi connectivity index (χ0n) is 16.1. The van der Waals surface area contributed by atoms with E-state index in [1.165, 1.54) is 6.07 Å². The van der Waals surface area contributed by atoms with Crippen molar-refractivity contribution < 1.29 is 23.5 Å². The molecular weight excluding hydrogens is 375 g/mol. The number of carbonyl (C=O) groups excluding carboxylic acids is 3. The third-order valence-corrected chi connectivity index (χ3v) is 5.74. The van der Waals surface area contributed by atoms with E-state index in [4.69, 9.17) is 4.74 Å². The summed E-state index contributed by atoms with van der Waals surface area (Å²) >= 11 is 0. The van der Waals surface area contributed by atoms with E-state index in [0.29, 0.717) is 5.69 Å². The van der Waals surface area contributed by atoms with Crippen LogP contribution >= 0.6 is 0 Å². The van der Waals surface area contributed by atoms with Gasteiger partial charge in [-0.3, -0.25) is 19.7 Å². The van der Waals surface area contributed by atoms with Gasteiger partial charge in [-0.1, -0.05) is 36.4 Å². The highest BCUT2D eigenvalue weighted by atomic mass is 19.1. The van der Waals surface area contributed by atoms with Crippen LogP contribution in [0.1, 0.15) is 25.5 Å². The summed E-state index contributed by atoms with van der Waals surface area (Å²) in [6.45, 7) is 3.34. The van der Waals surface area contributed by atoms with Gasteiger partial charge in [0.25, 0.3) is 0 Å². The van der Waals surface area contributed by atoms with Crippen molar-refractivity contribution in [1.82, 2.24) is 5.32 Å². The second-order valence-corrected chi connectivity index (χ2v) is 7.42. The van der Waals surface area contributed by atoms with E-state index in [1.807, 2.05) is 0 Å². The largest absolute Gasteiger partial charge is 0.465 e. The predicted octanol–water partition coefficient (Wildman–Crippen LogP) is 2.60. The van der Waals surface area contributed by atoms with E-state index in [2.05, 4.69) is 5.32 Å². The van der Waals surface area contributed by atoms with Crippen LogP contribution in [0, 0.1) is 17.7 Å². The quantitative estimate of drug-likeness (QED) is 0.635. The first-order valence-corrected chi connectivity index (χ1v) is 9.52. The Labute approximate surface area is 167 Å². The normalized spacial score (nSPS) is 28.5. The number of amides is 2. The lowest BCUT2D eigenvalue weighted by Gasteiger charge is -2.29. The van der Waals surface area contributed by atoms with E-state index < -0.39 is 47.0 Å². The minimum atomic E-state index is -1.45. The van der Waals surface area contributed by atoms with Gasteiger partial charge in [-0.25, -0.2) is 9.29 Å². The average Bonchev–Trinajstić information content (AvgIpc) is 3.17. The highest BCUT2D eigenvalue weighted by Gasteiger charge is 2.67. The van der Waals surface area contributed by atoms with Crippen molar-refractivity contribution in [3.05, 3.63) is 66.0 Å². The third-order valence-electron chi connectivity index (χ3n) is 5.74. The summed E-state index contributed by atoms with van der Waals surface area (Å²) in [5.74, 6) is -4.01. The van der Waals surface area contributed by atoms with Crippen molar-refractivity contribution in [2.45, 2.75) is 25.4 Å². The molecular formula is C22H21FN2O4. The number of hydrogen-bond donors (Lipinski definition) is 1. The number of nitrogens with one attached hydrogen (secondary N) is 1. The number of ether oxygens (including phenoxy) is 1. The van der Waals surface area contributed by atoms with Crippen molar-refractivity contribution >= 4 is 23.5 Å². The number of hydrogen-bond acceptors (Lipinski definition) is 5. The SMILES string of the molecule is CCOC(=O)C1(C)NC(c2ccccc2F)C2C(=O)N(c3ccccc3)C(=O)C21. The van der Waals surface area contributed by atoms with Gasteiger partial charge >= 0.3 is 5.97 Å². The molecule has 2 aliphatic rings. The molecule has 2 amide bonds. The summed E-state index contributed by atoms with van der Waals surface area (Å²) in [6.07, 6.45) is 0. The summed E-state index contributed by atoms with van der Waals surface area (Å²) < 4.78 is 19.8. The Kier molecular flexibility index (Phi) is 4.70. The standard InChI is InChI=1S/C22H21FN2O4/c1-3-29-21(28)22(2)17-16(18(24-22)14-11-7-8-12-15(14)23)19(26)25(20(17)27)13-9-5-4-6-10-13/h4-12,16-18,24H,3H2,1-2H3. The van der Waals surface area contributed by atoms with Crippen molar-refractivity contribution in [2.75, 3.05) is 11.5 Å². The number of anilines is 1. The molecule has 2 aromatic rings. The van der Waals surface area contributed by atoms with Crippen LogP contribution in [0.15, 0.2) is 54.6 Å². The fraction of sp³-hybridized carbons (Fsp3) is 0.318. The maximum Gasteiger partial charge on any atom is 0.326 e. The van der Waals surface area contributed by atoms with Crippen LogP contribution in [0.25, 0.3) is 0 Å². The molecule has 150 valence electrons. The smallest absolute Gasteiger partial charge is 0.326 e. The minimum Gasteiger partial charge on any atom is -0.465 e. The molecule has 0 radical (unpaired) electrons. The average molecular weight is 396 g/mol. The highest BCUT2D eigenvalue weighted by molar-refractivity contribution is 6.24. The van der Waals surface area contributed by atoms with Gasteiger partial charge in [0.1, 0.15) is 11.4 Å². The molecule has 6 nitrogen and oxygen atoms in total. The van der Waals surface area contributed by atoms with E-state index in [0.717, 1.165) is 4.90 Å². The van der Waals surface area contributed by atoms with E-state index in [9.17, 15) is 18.8 Å². The predicted molar refractivity (Wildman–Crippen MR) is 103 cm³/mol. The third kappa shape index (κ3) is 2.84. The summed E-state index contributed by atoms with van der Waals surface area (Å²) in [4.78, 5) is 40.6. The molecule has 0 spiro atoms. The number of imide groups is 1. The van der Waals surface area contributed by atoms with Crippen LogP contribution in [-0.2, 0) is 19.1 Å². The zero-order valence-corrected chi connectivity index (χ0v) is 16.1. The van der Waals surface area contributed by atoms with Crippen LogP contribution in [0.4, 0.5) is 10.1 Å². The molecule has 0 aliphatic carbocycles. The topological polar surface area (TPSA) is 75.7 Å². The maximum atomic E-state index is 14.6. The Morgan fingerprint density at radius 2 is 1.76 bits per heavy atom. The Morgan fingerprint density at radius 1 is 1.10 bits per heavy atom. The van der Waals surface area contributed by atoms with Gasteiger partial charge in [-0.05, 0) is 32.0 Å². The first kappa shape index (κ1) is 19.3. The van der Waals surface area contributed by atoms with Gasteiger partial charge in [-0.2, -0.15) is 0 Å². The van der Waals surface area contributed by atoms with Gasteiger partial charge in [-0.15, -0.1) is 0 Å². The molecule has 2 saturated heterocycles. The van der Waals surface area contributed by atoms with Crippen LogP contribution in [-0.4, -0.2) is 29.9 Å². The molecule has 0 bridgehead atoms. The lowest BCUT2D eigenvalue weighted by atomic mass is 9.80. The van der Waals surface area contributed by atoms with Crippen molar-refractivity contribution in [2.24, 2.45) is 11.8 Å². The number of rotatable bonds is 4. The molecule has 2 aromatic carbocycles. The summed E-state index contributed by atoms with van der Waals surface area (Å²) in [6, 6.07) is 13.8.